The van der Waals surface area contributed by atoms with Gasteiger partial charge in [0.2, 0.25) is 0 Å². The molecule has 144 valence electrons. The second-order valence-electron chi connectivity index (χ2n) is 6.70. The molecule has 1 atom stereocenters. The largest absolute Gasteiger partial charge is 0.433 e. The van der Waals surface area contributed by atoms with Gasteiger partial charge in [-0.2, -0.15) is 18.3 Å². The summed E-state index contributed by atoms with van der Waals surface area (Å²) in [4.78, 5) is 22.3. The summed E-state index contributed by atoms with van der Waals surface area (Å²) in [5.41, 5.74) is 1.98. The third-order valence-corrected chi connectivity index (χ3v) is 4.67. The molecule has 1 aliphatic rings. The van der Waals surface area contributed by atoms with Gasteiger partial charge in [0, 0.05) is 24.0 Å². The molecule has 3 aromatic heterocycles. The predicted octanol–water partition coefficient (Wildman–Crippen LogP) is 3.89. The molecular weight excluding hydrogens is 371 g/mol. The fraction of sp³-hybridized carbons (Fsp3) is 0.263. The van der Waals surface area contributed by atoms with Crippen LogP contribution in [0.25, 0.3) is 11.1 Å². The smallest absolute Gasteiger partial charge is 0.303 e. The maximum Gasteiger partial charge on any atom is 0.433 e. The van der Waals surface area contributed by atoms with Gasteiger partial charge >= 0.3 is 6.18 Å². The van der Waals surface area contributed by atoms with E-state index in [-0.39, 0.29) is 18.5 Å². The molecule has 0 radical (unpaired) electrons. The number of carbonyl (C=O) groups is 1. The van der Waals surface area contributed by atoms with Crippen LogP contribution in [-0.4, -0.2) is 32.2 Å². The Morgan fingerprint density at radius 2 is 1.93 bits per heavy atom. The summed E-state index contributed by atoms with van der Waals surface area (Å²) >= 11 is 0. The van der Waals surface area contributed by atoms with Gasteiger partial charge < -0.3 is 4.90 Å². The lowest BCUT2D eigenvalue weighted by Gasteiger charge is -2.32. The van der Waals surface area contributed by atoms with Crippen LogP contribution in [0.3, 0.4) is 0 Å². The number of pyridine rings is 2. The maximum absolute atomic E-state index is 13.2. The van der Waals surface area contributed by atoms with Crippen molar-refractivity contribution in [1.29, 1.82) is 0 Å². The van der Waals surface area contributed by atoms with Gasteiger partial charge in [0.1, 0.15) is 11.4 Å². The summed E-state index contributed by atoms with van der Waals surface area (Å²) in [7, 11) is 0. The highest BCUT2D eigenvalue weighted by Gasteiger charge is 2.35. The van der Waals surface area contributed by atoms with Gasteiger partial charge in [-0.1, -0.05) is 0 Å². The van der Waals surface area contributed by atoms with Crippen LogP contribution in [0.2, 0.25) is 0 Å². The SMILES string of the molecule is Cc1cc(-c2cnn3c2C(=O)N(c2ccc(C(F)(F)F)nc2)C[C@@H]3C)ccn1. The number of fused-ring (bicyclic) bond motifs is 1. The van der Waals surface area contributed by atoms with Gasteiger partial charge in [-0.25, -0.2) is 4.98 Å². The van der Waals surface area contributed by atoms with Crippen molar-refractivity contribution >= 4 is 11.6 Å². The Labute approximate surface area is 158 Å². The first kappa shape index (κ1) is 18.1. The average Bonchev–Trinajstić information content (AvgIpc) is 3.10. The summed E-state index contributed by atoms with van der Waals surface area (Å²) < 4.78 is 40.0. The van der Waals surface area contributed by atoms with Crippen LogP contribution in [0.5, 0.6) is 0 Å². The zero-order valence-electron chi connectivity index (χ0n) is 15.1. The van der Waals surface area contributed by atoms with Gasteiger partial charge in [0.05, 0.1) is 24.1 Å². The van der Waals surface area contributed by atoms with Crippen LogP contribution < -0.4 is 4.90 Å². The third-order valence-electron chi connectivity index (χ3n) is 4.67. The maximum atomic E-state index is 13.2. The van der Waals surface area contributed by atoms with Crippen molar-refractivity contribution < 1.29 is 18.0 Å². The van der Waals surface area contributed by atoms with Gasteiger partial charge in [0.15, 0.2) is 0 Å². The average molecular weight is 387 g/mol. The van der Waals surface area contributed by atoms with E-state index in [9.17, 15) is 18.0 Å². The first-order valence-corrected chi connectivity index (χ1v) is 8.61. The van der Waals surface area contributed by atoms with Crippen molar-refractivity contribution in [3.63, 3.8) is 0 Å². The highest BCUT2D eigenvalue weighted by Crippen LogP contribution is 2.33. The summed E-state index contributed by atoms with van der Waals surface area (Å²) in [6.45, 7) is 4.04. The lowest BCUT2D eigenvalue weighted by atomic mass is 10.0. The third kappa shape index (κ3) is 3.02. The standard InChI is InChI=1S/C19H16F3N5O/c1-11-7-13(5-6-23-11)15-9-25-27-12(2)10-26(18(28)17(15)27)14-3-4-16(24-8-14)19(20,21)22/h3-9,12H,10H2,1-2H3/t12-/m0/s1. The molecule has 0 aromatic carbocycles. The molecule has 28 heavy (non-hydrogen) atoms. The topological polar surface area (TPSA) is 63.9 Å². The normalized spacial score (nSPS) is 17.0. The molecule has 0 saturated heterocycles. The van der Waals surface area contributed by atoms with E-state index in [0.717, 1.165) is 23.5 Å². The first-order valence-electron chi connectivity index (χ1n) is 8.61. The number of hydrogen-bond donors (Lipinski definition) is 0. The molecule has 0 N–H and O–H groups in total. The number of alkyl halides is 3. The number of halogens is 3. The van der Waals surface area contributed by atoms with Gasteiger partial charge in [-0.3, -0.25) is 14.5 Å². The van der Waals surface area contributed by atoms with E-state index in [1.807, 2.05) is 19.9 Å². The minimum atomic E-state index is -4.53. The number of anilines is 1. The Morgan fingerprint density at radius 3 is 2.57 bits per heavy atom. The minimum Gasteiger partial charge on any atom is -0.303 e. The van der Waals surface area contributed by atoms with Crippen LogP contribution in [0, 0.1) is 6.92 Å². The van der Waals surface area contributed by atoms with Crippen LogP contribution in [0.1, 0.15) is 34.8 Å². The quantitative estimate of drug-likeness (QED) is 0.669. The van der Waals surface area contributed by atoms with E-state index in [0.29, 0.717) is 16.9 Å². The van der Waals surface area contributed by atoms with Crippen molar-refractivity contribution in [2.75, 3.05) is 11.4 Å². The number of carbonyl (C=O) groups excluding carboxylic acids is 1. The Balaban J connectivity index is 1.75. The summed E-state index contributed by atoms with van der Waals surface area (Å²) in [6, 6.07) is 5.65. The molecule has 3 aromatic rings. The molecule has 0 bridgehead atoms. The van der Waals surface area contributed by atoms with E-state index >= 15 is 0 Å². The van der Waals surface area contributed by atoms with E-state index < -0.39 is 11.9 Å². The van der Waals surface area contributed by atoms with Crippen LogP contribution >= 0.6 is 0 Å². The Bertz CT molecular complexity index is 1040. The van der Waals surface area contributed by atoms with E-state index in [1.54, 1.807) is 23.1 Å². The predicted molar refractivity (Wildman–Crippen MR) is 95.8 cm³/mol. The van der Waals surface area contributed by atoms with Gasteiger partial charge in [-0.15, -0.1) is 0 Å². The highest BCUT2D eigenvalue weighted by molar-refractivity contribution is 6.09. The van der Waals surface area contributed by atoms with Crippen molar-refractivity contribution in [2.45, 2.75) is 26.1 Å². The molecule has 9 heteroatoms. The Hall–Kier alpha value is -3.23. The van der Waals surface area contributed by atoms with Crippen molar-refractivity contribution in [1.82, 2.24) is 19.7 Å². The van der Waals surface area contributed by atoms with Crippen LogP contribution in [0.15, 0.2) is 42.9 Å². The van der Waals surface area contributed by atoms with E-state index in [2.05, 4.69) is 15.1 Å². The fourth-order valence-electron chi connectivity index (χ4n) is 3.32. The highest BCUT2D eigenvalue weighted by atomic mass is 19.4. The number of hydrogen-bond acceptors (Lipinski definition) is 4. The Morgan fingerprint density at radius 1 is 1.14 bits per heavy atom. The molecule has 4 heterocycles. The summed E-state index contributed by atoms with van der Waals surface area (Å²) in [6.07, 6.45) is -0.158. The molecule has 0 saturated carbocycles. The van der Waals surface area contributed by atoms with Crippen LogP contribution in [0.4, 0.5) is 18.9 Å². The van der Waals surface area contributed by atoms with Gasteiger partial charge in [0.25, 0.3) is 5.91 Å². The molecule has 6 nitrogen and oxygen atoms in total. The van der Waals surface area contributed by atoms with Crippen molar-refractivity contribution in [3.05, 3.63) is 59.9 Å². The number of aryl methyl sites for hydroxylation is 1. The summed E-state index contributed by atoms with van der Waals surface area (Å²) in [5, 5.41) is 4.35. The molecule has 0 spiro atoms. The minimum absolute atomic E-state index is 0.147. The van der Waals surface area contributed by atoms with E-state index in [1.165, 1.54) is 11.0 Å². The zero-order chi connectivity index (χ0) is 20.1. The number of amides is 1. The lowest BCUT2D eigenvalue weighted by Crippen LogP contribution is -2.43. The lowest BCUT2D eigenvalue weighted by molar-refractivity contribution is -0.141. The Kier molecular flexibility index (Phi) is 4.17. The molecular formula is C19H16F3N5O. The van der Waals surface area contributed by atoms with Crippen molar-refractivity contribution in [2.24, 2.45) is 0 Å². The molecule has 1 amide bonds. The zero-order valence-corrected chi connectivity index (χ0v) is 15.1. The molecule has 0 fully saturated rings. The second kappa shape index (κ2) is 6.43. The summed E-state index contributed by atoms with van der Waals surface area (Å²) in [5.74, 6) is -0.332. The van der Waals surface area contributed by atoms with E-state index in [4.69, 9.17) is 0 Å². The molecule has 1 aliphatic heterocycles. The molecule has 0 unspecified atom stereocenters. The van der Waals surface area contributed by atoms with Gasteiger partial charge in [-0.05, 0) is 43.7 Å². The fourth-order valence-corrected chi connectivity index (χ4v) is 3.32. The first-order chi connectivity index (χ1) is 13.3. The van der Waals surface area contributed by atoms with Crippen LogP contribution in [-0.2, 0) is 6.18 Å². The number of rotatable bonds is 2. The number of nitrogens with zero attached hydrogens (tertiary/aromatic N) is 5. The molecule has 0 aliphatic carbocycles. The molecule has 4 rings (SSSR count). The second-order valence-corrected chi connectivity index (χ2v) is 6.70. The number of aromatic nitrogens is 4. The van der Waals surface area contributed by atoms with Crippen molar-refractivity contribution in [3.8, 4) is 11.1 Å². The monoisotopic (exact) mass is 387 g/mol.